The van der Waals surface area contributed by atoms with Crippen LogP contribution >= 0.6 is 0 Å². The van der Waals surface area contributed by atoms with Crippen molar-refractivity contribution >= 4 is 11.7 Å². The van der Waals surface area contributed by atoms with Gasteiger partial charge in [0.05, 0.1) is 5.56 Å². The molecule has 0 fully saturated rings. The Kier molecular flexibility index (Phi) is 4.71. The predicted molar refractivity (Wildman–Crippen MR) is 87.6 cm³/mol. The van der Waals surface area contributed by atoms with E-state index in [-0.39, 0.29) is 11.2 Å². The van der Waals surface area contributed by atoms with Crippen LogP contribution < -0.4 is 10.1 Å². The lowest BCUT2D eigenvalue weighted by molar-refractivity contribution is 0.0697. The van der Waals surface area contributed by atoms with Crippen LogP contribution in [0.2, 0.25) is 0 Å². The van der Waals surface area contributed by atoms with Crippen molar-refractivity contribution in [1.29, 1.82) is 0 Å². The molecule has 0 radical (unpaired) electrons. The summed E-state index contributed by atoms with van der Waals surface area (Å²) in [5, 5.41) is 12.3. The molecule has 4 heteroatoms. The fourth-order valence-electron chi connectivity index (χ4n) is 2.04. The van der Waals surface area contributed by atoms with Crippen molar-refractivity contribution in [3.8, 4) is 5.75 Å². The molecule has 0 heterocycles. The van der Waals surface area contributed by atoms with E-state index in [2.05, 4.69) is 5.32 Å². The van der Waals surface area contributed by atoms with Gasteiger partial charge in [-0.1, -0.05) is 24.3 Å². The summed E-state index contributed by atoms with van der Waals surface area (Å²) >= 11 is 0. The Labute approximate surface area is 130 Å². The van der Waals surface area contributed by atoms with Crippen LogP contribution in [0.5, 0.6) is 5.75 Å². The standard InChI is InChI=1S/C18H21NO3/c1-18(2,3)22-16-10-5-4-7-14(16)12-19-15-9-6-8-13(11-15)17(20)21/h4-11,19H,12H2,1-3H3,(H,20,21). The second-order valence-corrected chi connectivity index (χ2v) is 6.06. The highest BCUT2D eigenvalue weighted by molar-refractivity contribution is 5.88. The number of hydrogen-bond acceptors (Lipinski definition) is 3. The maximum atomic E-state index is 11.0. The Balaban J connectivity index is 2.12. The van der Waals surface area contributed by atoms with Crippen molar-refractivity contribution in [3.63, 3.8) is 0 Å². The lowest BCUT2D eigenvalue weighted by Gasteiger charge is -2.23. The minimum Gasteiger partial charge on any atom is -0.488 e. The van der Waals surface area contributed by atoms with Crippen LogP contribution in [0.4, 0.5) is 5.69 Å². The number of aromatic carboxylic acids is 1. The van der Waals surface area contributed by atoms with Gasteiger partial charge in [0.25, 0.3) is 0 Å². The number of hydrogen-bond donors (Lipinski definition) is 2. The Morgan fingerprint density at radius 2 is 1.86 bits per heavy atom. The summed E-state index contributed by atoms with van der Waals surface area (Å²) in [6, 6.07) is 14.6. The van der Waals surface area contributed by atoms with Gasteiger partial charge in [0.15, 0.2) is 0 Å². The minimum absolute atomic E-state index is 0.265. The third-order valence-corrected chi connectivity index (χ3v) is 2.98. The van der Waals surface area contributed by atoms with E-state index in [0.29, 0.717) is 6.54 Å². The molecule has 0 spiro atoms. The van der Waals surface area contributed by atoms with Crippen LogP contribution in [0.25, 0.3) is 0 Å². The first-order valence-corrected chi connectivity index (χ1v) is 7.19. The molecule has 2 rings (SSSR count). The summed E-state index contributed by atoms with van der Waals surface area (Å²) in [6.45, 7) is 6.59. The summed E-state index contributed by atoms with van der Waals surface area (Å²) in [7, 11) is 0. The van der Waals surface area contributed by atoms with Gasteiger partial charge < -0.3 is 15.2 Å². The lowest BCUT2D eigenvalue weighted by Crippen LogP contribution is -2.23. The predicted octanol–water partition coefficient (Wildman–Crippen LogP) is 4.17. The molecule has 0 aliphatic carbocycles. The molecule has 0 aliphatic heterocycles. The maximum Gasteiger partial charge on any atom is 0.335 e. The SMILES string of the molecule is CC(C)(C)Oc1ccccc1CNc1cccc(C(=O)O)c1. The molecule has 0 atom stereocenters. The number of benzene rings is 2. The third-order valence-electron chi connectivity index (χ3n) is 2.98. The largest absolute Gasteiger partial charge is 0.488 e. The van der Waals surface area contributed by atoms with E-state index < -0.39 is 5.97 Å². The highest BCUT2D eigenvalue weighted by Gasteiger charge is 2.14. The molecule has 2 aromatic rings. The Morgan fingerprint density at radius 3 is 2.55 bits per heavy atom. The zero-order chi connectivity index (χ0) is 16.2. The van der Waals surface area contributed by atoms with E-state index in [1.807, 2.05) is 51.1 Å². The first-order chi connectivity index (χ1) is 10.3. The first kappa shape index (κ1) is 15.9. The van der Waals surface area contributed by atoms with Crippen LogP contribution in [0.3, 0.4) is 0 Å². The Morgan fingerprint density at radius 1 is 1.14 bits per heavy atom. The normalized spacial score (nSPS) is 11.0. The van der Waals surface area contributed by atoms with E-state index in [1.54, 1.807) is 18.2 Å². The molecule has 22 heavy (non-hydrogen) atoms. The van der Waals surface area contributed by atoms with Crippen LogP contribution in [-0.2, 0) is 6.54 Å². The Hall–Kier alpha value is -2.49. The zero-order valence-electron chi connectivity index (χ0n) is 13.1. The van der Waals surface area contributed by atoms with Crippen molar-refractivity contribution in [2.24, 2.45) is 0 Å². The first-order valence-electron chi connectivity index (χ1n) is 7.19. The van der Waals surface area contributed by atoms with Crippen LogP contribution in [0.15, 0.2) is 48.5 Å². The van der Waals surface area contributed by atoms with E-state index in [9.17, 15) is 4.79 Å². The van der Waals surface area contributed by atoms with Crippen LogP contribution in [-0.4, -0.2) is 16.7 Å². The van der Waals surface area contributed by atoms with Gasteiger partial charge in [-0.2, -0.15) is 0 Å². The molecule has 116 valence electrons. The van der Waals surface area contributed by atoms with E-state index in [1.165, 1.54) is 0 Å². The summed E-state index contributed by atoms with van der Waals surface area (Å²) in [4.78, 5) is 11.0. The second kappa shape index (κ2) is 6.52. The molecular formula is C18H21NO3. The van der Waals surface area contributed by atoms with Gasteiger partial charge in [0.2, 0.25) is 0 Å². The molecule has 0 aliphatic rings. The number of anilines is 1. The molecular weight excluding hydrogens is 278 g/mol. The molecule has 0 saturated heterocycles. The van der Waals surface area contributed by atoms with Gasteiger partial charge in [-0.15, -0.1) is 0 Å². The van der Waals surface area contributed by atoms with E-state index in [0.717, 1.165) is 17.0 Å². The molecule has 0 saturated carbocycles. The summed E-state index contributed by atoms with van der Waals surface area (Å²) < 4.78 is 5.95. The lowest BCUT2D eigenvalue weighted by atomic mass is 10.1. The van der Waals surface area contributed by atoms with Gasteiger partial charge in [-0.25, -0.2) is 4.79 Å². The minimum atomic E-state index is -0.930. The maximum absolute atomic E-state index is 11.0. The van der Waals surface area contributed by atoms with Crippen LogP contribution in [0, 0.1) is 0 Å². The molecule has 0 unspecified atom stereocenters. The number of para-hydroxylation sites is 1. The average Bonchev–Trinajstić information content (AvgIpc) is 2.45. The quantitative estimate of drug-likeness (QED) is 0.869. The summed E-state index contributed by atoms with van der Waals surface area (Å²) in [6.07, 6.45) is 0. The van der Waals surface area contributed by atoms with Crippen molar-refractivity contribution in [3.05, 3.63) is 59.7 Å². The molecule has 2 N–H and O–H groups in total. The highest BCUT2D eigenvalue weighted by Crippen LogP contribution is 2.24. The van der Waals surface area contributed by atoms with Crippen molar-refractivity contribution in [2.75, 3.05) is 5.32 Å². The summed E-state index contributed by atoms with van der Waals surface area (Å²) in [5.74, 6) is -0.1000. The van der Waals surface area contributed by atoms with Gasteiger partial charge in [0, 0.05) is 17.8 Å². The fraction of sp³-hybridized carbons (Fsp3) is 0.278. The van der Waals surface area contributed by atoms with Gasteiger partial charge >= 0.3 is 5.97 Å². The van der Waals surface area contributed by atoms with Crippen molar-refractivity contribution in [1.82, 2.24) is 0 Å². The smallest absolute Gasteiger partial charge is 0.335 e. The number of ether oxygens (including phenoxy) is 1. The second-order valence-electron chi connectivity index (χ2n) is 6.06. The molecule has 0 amide bonds. The highest BCUT2D eigenvalue weighted by atomic mass is 16.5. The van der Waals surface area contributed by atoms with E-state index >= 15 is 0 Å². The van der Waals surface area contributed by atoms with Gasteiger partial charge in [-0.3, -0.25) is 0 Å². The fourth-order valence-corrected chi connectivity index (χ4v) is 2.04. The monoisotopic (exact) mass is 299 g/mol. The van der Waals surface area contributed by atoms with Gasteiger partial charge in [0.1, 0.15) is 11.4 Å². The number of carbonyl (C=O) groups is 1. The zero-order valence-corrected chi connectivity index (χ0v) is 13.1. The van der Waals surface area contributed by atoms with Crippen LogP contribution in [0.1, 0.15) is 36.7 Å². The van der Waals surface area contributed by atoms with E-state index in [4.69, 9.17) is 9.84 Å². The number of nitrogens with one attached hydrogen (secondary N) is 1. The molecule has 2 aromatic carbocycles. The number of carboxylic acids is 1. The molecule has 0 aromatic heterocycles. The van der Waals surface area contributed by atoms with Crippen molar-refractivity contribution in [2.45, 2.75) is 32.9 Å². The number of carboxylic acid groups (broad SMARTS) is 1. The Bertz CT molecular complexity index is 659. The van der Waals surface area contributed by atoms with Gasteiger partial charge in [-0.05, 0) is 45.0 Å². The van der Waals surface area contributed by atoms with Crippen molar-refractivity contribution < 1.29 is 14.6 Å². The molecule has 4 nitrogen and oxygen atoms in total. The average molecular weight is 299 g/mol. The third kappa shape index (κ3) is 4.52. The number of rotatable bonds is 5. The molecule has 0 bridgehead atoms. The topological polar surface area (TPSA) is 58.6 Å². The summed E-state index contributed by atoms with van der Waals surface area (Å²) in [5.41, 5.74) is 1.80.